The summed E-state index contributed by atoms with van der Waals surface area (Å²) in [7, 11) is 0. The predicted molar refractivity (Wildman–Crippen MR) is 68.0 cm³/mol. The molecule has 5 nitrogen and oxygen atoms in total. The number of benzene rings is 2. The van der Waals surface area contributed by atoms with Crippen LogP contribution >= 0.6 is 0 Å². The first-order chi connectivity index (χ1) is 9.08. The van der Waals surface area contributed by atoms with Crippen LogP contribution in [0, 0.1) is 0 Å². The van der Waals surface area contributed by atoms with Crippen LogP contribution in [0.2, 0.25) is 0 Å². The maximum Gasteiger partial charge on any atom is 0.261 e. The highest BCUT2D eigenvalue weighted by atomic mass is 16.3. The van der Waals surface area contributed by atoms with E-state index in [1.54, 1.807) is 12.1 Å². The van der Waals surface area contributed by atoms with Gasteiger partial charge in [0, 0.05) is 16.8 Å². The SMILES string of the molecule is O=C1c2ccc(O)cc2C(O)N1c1ccc(O)cc1. The number of amides is 1. The number of hydrogen-bond acceptors (Lipinski definition) is 4. The fourth-order valence-electron chi connectivity index (χ4n) is 2.21. The van der Waals surface area contributed by atoms with Crippen molar-refractivity contribution in [3.8, 4) is 11.5 Å². The third-order valence-electron chi connectivity index (χ3n) is 3.13. The van der Waals surface area contributed by atoms with E-state index in [9.17, 15) is 20.1 Å². The molecule has 1 heterocycles. The monoisotopic (exact) mass is 257 g/mol. The Morgan fingerprint density at radius 2 is 1.58 bits per heavy atom. The van der Waals surface area contributed by atoms with Gasteiger partial charge in [-0.05, 0) is 42.5 Å². The fraction of sp³-hybridized carbons (Fsp3) is 0.0714. The van der Waals surface area contributed by atoms with E-state index < -0.39 is 6.23 Å². The first kappa shape index (κ1) is 11.6. The first-order valence-electron chi connectivity index (χ1n) is 5.71. The molecule has 96 valence electrons. The van der Waals surface area contributed by atoms with Crippen LogP contribution in [-0.2, 0) is 0 Å². The lowest BCUT2D eigenvalue weighted by atomic mass is 10.1. The summed E-state index contributed by atoms with van der Waals surface area (Å²) in [6, 6.07) is 10.2. The van der Waals surface area contributed by atoms with Gasteiger partial charge in [-0.15, -0.1) is 0 Å². The fourth-order valence-corrected chi connectivity index (χ4v) is 2.21. The van der Waals surface area contributed by atoms with Gasteiger partial charge in [0.15, 0.2) is 6.23 Å². The molecule has 0 aliphatic carbocycles. The molecule has 0 saturated carbocycles. The molecule has 0 radical (unpaired) electrons. The number of aliphatic hydroxyl groups excluding tert-OH is 1. The van der Waals surface area contributed by atoms with Crippen molar-refractivity contribution in [1.29, 1.82) is 0 Å². The van der Waals surface area contributed by atoms with Crippen molar-refractivity contribution in [2.24, 2.45) is 0 Å². The summed E-state index contributed by atoms with van der Waals surface area (Å²) < 4.78 is 0. The van der Waals surface area contributed by atoms with E-state index >= 15 is 0 Å². The van der Waals surface area contributed by atoms with Crippen molar-refractivity contribution in [3.63, 3.8) is 0 Å². The second-order valence-corrected chi connectivity index (χ2v) is 4.34. The van der Waals surface area contributed by atoms with Crippen LogP contribution in [0.1, 0.15) is 22.1 Å². The molecule has 0 bridgehead atoms. The summed E-state index contributed by atoms with van der Waals surface area (Å²) in [5.41, 5.74) is 1.21. The number of carbonyl (C=O) groups is 1. The number of aliphatic hydroxyl groups is 1. The van der Waals surface area contributed by atoms with Crippen LogP contribution < -0.4 is 4.90 Å². The number of rotatable bonds is 1. The Morgan fingerprint density at radius 3 is 2.26 bits per heavy atom. The number of hydrogen-bond donors (Lipinski definition) is 3. The van der Waals surface area contributed by atoms with E-state index in [4.69, 9.17) is 0 Å². The average Bonchev–Trinajstić information content (AvgIpc) is 2.63. The summed E-state index contributed by atoms with van der Waals surface area (Å²) >= 11 is 0. The third kappa shape index (κ3) is 1.71. The van der Waals surface area contributed by atoms with Gasteiger partial charge in [-0.1, -0.05) is 0 Å². The molecule has 1 aliphatic heterocycles. The van der Waals surface area contributed by atoms with Gasteiger partial charge in [0.2, 0.25) is 0 Å². The maximum atomic E-state index is 12.2. The van der Waals surface area contributed by atoms with Gasteiger partial charge < -0.3 is 15.3 Å². The highest BCUT2D eigenvalue weighted by Gasteiger charge is 2.36. The molecule has 1 atom stereocenters. The number of phenols is 2. The number of phenolic OH excluding ortho intramolecular Hbond substituents is 2. The molecule has 0 fully saturated rings. The van der Waals surface area contributed by atoms with E-state index in [0.29, 0.717) is 16.8 Å². The van der Waals surface area contributed by atoms with E-state index in [2.05, 4.69) is 0 Å². The Kier molecular flexibility index (Phi) is 2.43. The molecule has 3 rings (SSSR count). The van der Waals surface area contributed by atoms with Crippen molar-refractivity contribution in [1.82, 2.24) is 0 Å². The van der Waals surface area contributed by atoms with Crippen LogP contribution in [-0.4, -0.2) is 21.2 Å². The van der Waals surface area contributed by atoms with Crippen molar-refractivity contribution in [3.05, 3.63) is 53.6 Å². The molecule has 5 heteroatoms. The van der Waals surface area contributed by atoms with E-state index in [1.165, 1.54) is 35.2 Å². The van der Waals surface area contributed by atoms with Gasteiger partial charge in [0.25, 0.3) is 5.91 Å². The Hall–Kier alpha value is -2.53. The van der Waals surface area contributed by atoms with Gasteiger partial charge in [0.05, 0.1) is 0 Å². The van der Waals surface area contributed by atoms with Crippen LogP contribution in [0.4, 0.5) is 5.69 Å². The summed E-state index contributed by atoms with van der Waals surface area (Å²) in [5, 5.41) is 28.9. The van der Waals surface area contributed by atoms with Gasteiger partial charge in [0.1, 0.15) is 11.5 Å². The zero-order valence-corrected chi connectivity index (χ0v) is 9.82. The van der Waals surface area contributed by atoms with E-state index in [-0.39, 0.29) is 17.4 Å². The largest absolute Gasteiger partial charge is 0.508 e. The Labute approximate surface area is 109 Å². The quantitative estimate of drug-likeness (QED) is 0.727. The van der Waals surface area contributed by atoms with Crippen molar-refractivity contribution in [2.45, 2.75) is 6.23 Å². The molecule has 2 aromatic rings. The molecule has 0 saturated heterocycles. The van der Waals surface area contributed by atoms with Crippen molar-refractivity contribution >= 4 is 11.6 Å². The Bertz CT molecular complexity index is 651. The number of carbonyl (C=O) groups excluding carboxylic acids is 1. The predicted octanol–water partition coefficient (Wildman–Crippen LogP) is 1.75. The number of nitrogens with zero attached hydrogens (tertiary/aromatic N) is 1. The molecule has 0 spiro atoms. The van der Waals surface area contributed by atoms with Gasteiger partial charge >= 0.3 is 0 Å². The third-order valence-corrected chi connectivity index (χ3v) is 3.13. The zero-order chi connectivity index (χ0) is 13.6. The molecular weight excluding hydrogens is 246 g/mol. The molecule has 1 unspecified atom stereocenters. The Morgan fingerprint density at radius 1 is 0.947 bits per heavy atom. The first-order valence-corrected chi connectivity index (χ1v) is 5.71. The number of aromatic hydroxyl groups is 2. The normalized spacial score (nSPS) is 17.6. The number of anilines is 1. The minimum atomic E-state index is -1.14. The van der Waals surface area contributed by atoms with E-state index in [1.807, 2.05) is 0 Å². The molecule has 2 aromatic carbocycles. The highest BCUT2D eigenvalue weighted by molar-refractivity contribution is 6.10. The second-order valence-electron chi connectivity index (χ2n) is 4.34. The van der Waals surface area contributed by atoms with E-state index in [0.717, 1.165) is 0 Å². The lowest BCUT2D eigenvalue weighted by molar-refractivity contribution is 0.0935. The molecule has 1 amide bonds. The Balaban J connectivity index is 2.07. The summed E-state index contributed by atoms with van der Waals surface area (Å²) in [6.07, 6.45) is -1.14. The smallest absolute Gasteiger partial charge is 0.261 e. The van der Waals surface area contributed by atoms with Crippen LogP contribution in [0.3, 0.4) is 0 Å². The summed E-state index contributed by atoms with van der Waals surface area (Å²) in [4.78, 5) is 13.4. The summed E-state index contributed by atoms with van der Waals surface area (Å²) in [5.74, 6) is -0.258. The molecule has 0 aromatic heterocycles. The van der Waals surface area contributed by atoms with Crippen LogP contribution in [0.15, 0.2) is 42.5 Å². The maximum absolute atomic E-state index is 12.2. The molecular formula is C14H11NO4. The average molecular weight is 257 g/mol. The van der Waals surface area contributed by atoms with Gasteiger partial charge in [-0.2, -0.15) is 0 Å². The molecule has 3 N–H and O–H groups in total. The standard InChI is InChI=1S/C14H11NO4/c16-9-3-1-8(2-4-9)15-13(18)11-6-5-10(17)7-12(11)14(15)19/h1-7,14,16-17,19H. The minimum absolute atomic E-state index is 0.00171. The minimum Gasteiger partial charge on any atom is -0.508 e. The number of fused-ring (bicyclic) bond motifs is 1. The van der Waals surface area contributed by atoms with Crippen LogP contribution in [0.25, 0.3) is 0 Å². The lowest BCUT2D eigenvalue weighted by Crippen LogP contribution is -2.27. The topological polar surface area (TPSA) is 81.0 Å². The van der Waals surface area contributed by atoms with Crippen molar-refractivity contribution < 1.29 is 20.1 Å². The van der Waals surface area contributed by atoms with Crippen LogP contribution in [0.5, 0.6) is 11.5 Å². The molecule has 19 heavy (non-hydrogen) atoms. The van der Waals surface area contributed by atoms with Gasteiger partial charge in [-0.25, -0.2) is 0 Å². The lowest BCUT2D eigenvalue weighted by Gasteiger charge is -2.20. The highest BCUT2D eigenvalue weighted by Crippen LogP contribution is 2.37. The zero-order valence-electron chi connectivity index (χ0n) is 9.82. The van der Waals surface area contributed by atoms with Crippen molar-refractivity contribution in [2.75, 3.05) is 4.90 Å². The molecule has 1 aliphatic rings. The second kappa shape index (κ2) is 4.00. The summed E-state index contributed by atoms with van der Waals surface area (Å²) in [6.45, 7) is 0. The van der Waals surface area contributed by atoms with Gasteiger partial charge in [-0.3, -0.25) is 9.69 Å².